The summed E-state index contributed by atoms with van der Waals surface area (Å²) < 4.78 is 15.8. The number of likely N-dealkylation sites (N-methyl/N-ethyl adjacent to an activating group) is 1. The molecule has 0 saturated heterocycles. The Bertz CT molecular complexity index is 474. The highest BCUT2D eigenvalue weighted by Crippen LogP contribution is 2.40. The molecule has 0 heterocycles. The van der Waals surface area contributed by atoms with Crippen LogP contribution in [0.2, 0.25) is 0 Å². The van der Waals surface area contributed by atoms with Crippen LogP contribution in [0.4, 0.5) is 0 Å². The van der Waals surface area contributed by atoms with E-state index in [4.69, 9.17) is 19.9 Å². The lowest BCUT2D eigenvalue weighted by atomic mass is 10.1. The van der Waals surface area contributed by atoms with Gasteiger partial charge in [-0.15, -0.1) is 0 Å². The van der Waals surface area contributed by atoms with E-state index in [0.29, 0.717) is 29.4 Å². The molecule has 2 N–H and O–H groups in total. The van der Waals surface area contributed by atoms with Gasteiger partial charge in [0.05, 0.1) is 26.9 Å². The van der Waals surface area contributed by atoms with Gasteiger partial charge in [0.1, 0.15) is 0 Å². The summed E-state index contributed by atoms with van der Waals surface area (Å²) in [7, 11) is 6.21. The van der Waals surface area contributed by atoms with E-state index >= 15 is 0 Å². The van der Waals surface area contributed by atoms with Crippen molar-refractivity contribution in [3.05, 3.63) is 17.7 Å². The van der Waals surface area contributed by atoms with Crippen LogP contribution >= 0.6 is 0 Å². The van der Waals surface area contributed by atoms with Crippen LogP contribution in [0.3, 0.4) is 0 Å². The number of amides is 1. The van der Waals surface area contributed by atoms with Crippen molar-refractivity contribution in [3.63, 3.8) is 0 Å². The normalized spacial score (nSPS) is 11.7. The number of carbonyl (C=O) groups excluding carboxylic acids is 1. The molecule has 20 heavy (non-hydrogen) atoms. The molecule has 1 unspecified atom stereocenters. The van der Waals surface area contributed by atoms with Gasteiger partial charge in [0.2, 0.25) is 5.75 Å². The molecule has 0 aromatic heterocycles. The van der Waals surface area contributed by atoms with Gasteiger partial charge in [-0.05, 0) is 19.1 Å². The Hall–Kier alpha value is -1.95. The lowest BCUT2D eigenvalue weighted by Crippen LogP contribution is -2.37. The zero-order chi connectivity index (χ0) is 15.3. The van der Waals surface area contributed by atoms with Crippen LogP contribution < -0.4 is 19.9 Å². The third-order valence-electron chi connectivity index (χ3n) is 2.84. The molecule has 6 nitrogen and oxygen atoms in total. The van der Waals surface area contributed by atoms with Crippen LogP contribution in [-0.2, 0) is 0 Å². The monoisotopic (exact) mass is 282 g/mol. The molecule has 0 bridgehead atoms. The number of hydrogen-bond donors (Lipinski definition) is 1. The van der Waals surface area contributed by atoms with E-state index in [1.54, 1.807) is 24.1 Å². The van der Waals surface area contributed by atoms with Crippen LogP contribution in [0.5, 0.6) is 17.2 Å². The van der Waals surface area contributed by atoms with Crippen LogP contribution in [-0.4, -0.2) is 51.8 Å². The first-order valence-corrected chi connectivity index (χ1v) is 6.26. The smallest absolute Gasteiger partial charge is 0.257 e. The van der Waals surface area contributed by atoms with E-state index in [9.17, 15) is 4.79 Å². The van der Waals surface area contributed by atoms with Crippen LogP contribution in [0.25, 0.3) is 0 Å². The second-order valence-electron chi connectivity index (χ2n) is 4.54. The first-order valence-electron chi connectivity index (χ1n) is 6.26. The largest absolute Gasteiger partial charge is 0.493 e. The molecular formula is C14H22N2O4. The van der Waals surface area contributed by atoms with Gasteiger partial charge in [-0.25, -0.2) is 0 Å². The molecule has 0 aliphatic carbocycles. The van der Waals surface area contributed by atoms with Crippen molar-refractivity contribution >= 4 is 5.91 Å². The molecule has 1 aromatic rings. The second-order valence-corrected chi connectivity index (χ2v) is 4.54. The Labute approximate surface area is 119 Å². The van der Waals surface area contributed by atoms with E-state index < -0.39 is 0 Å². The maximum Gasteiger partial charge on any atom is 0.257 e. The van der Waals surface area contributed by atoms with Crippen LogP contribution in [0, 0.1) is 0 Å². The van der Waals surface area contributed by atoms with Gasteiger partial charge in [0.25, 0.3) is 5.91 Å². The zero-order valence-electron chi connectivity index (χ0n) is 12.6. The standard InChI is InChI=1S/C14H22N2O4/c1-9(15)8-16(2)14(17)10-6-7-11(18-3)13(20-5)12(10)19-4/h6-7,9H,8,15H2,1-5H3. The van der Waals surface area contributed by atoms with Crippen molar-refractivity contribution in [3.8, 4) is 17.2 Å². The Morgan fingerprint density at radius 3 is 2.25 bits per heavy atom. The minimum atomic E-state index is -0.180. The molecule has 1 aromatic carbocycles. The fraction of sp³-hybridized carbons (Fsp3) is 0.500. The fourth-order valence-corrected chi connectivity index (χ4v) is 1.99. The summed E-state index contributed by atoms with van der Waals surface area (Å²) in [5, 5.41) is 0. The minimum Gasteiger partial charge on any atom is -0.493 e. The summed E-state index contributed by atoms with van der Waals surface area (Å²) in [6.07, 6.45) is 0. The molecule has 1 rings (SSSR count). The number of ether oxygens (including phenoxy) is 3. The van der Waals surface area contributed by atoms with Gasteiger partial charge < -0.3 is 24.8 Å². The van der Waals surface area contributed by atoms with Gasteiger partial charge >= 0.3 is 0 Å². The van der Waals surface area contributed by atoms with Crippen molar-refractivity contribution < 1.29 is 19.0 Å². The van der Waals surface area contributed by atoms with Crippen LogP contribution in [0.1, 0.15) is 17.3 Å². The highest BCUT2D eigenvalue weighted by Gasteiger charge is 2.23. The number of hydrogen-bond acceptors (Lipinski definition) is 5. The summed E-state index contributed by atoms with van der Waals surface area (Å²) in [5.74, 6) is 1.08. The molecular weight excluding hydrogens is 260 g/mol. The second kappa shape index (κ2) is 7.00. The summed E-state index contributed by atoms with van der Waals surface area (Å²) in [5.41, 5.74) is 6.12. The quantitative estimate of drug-likeness (QED) is 0.846. The van der Waals surface area contributed by atoms with Crippen LogP contribution in [0.15, 0.2) is 12.1 Å². The summed E-state index contributed by atoms with van der Waals surface area (Å²) in [4.78, 5) is 14.0. The average molecular weight is 282 g/mol. The van der Waals surface area contributed by atoms with Crippen molar-refractivity contribution in [2.75, 3.05) is 34.9 Å². The predicted octanol–water partition coefficient (Wildman–Crippen LogP) is 1.13. The molecule has 6 heteroatoms. The Balaban J connectivity index is 3.21. The molecule has 0 radical (unpaired) electrons. The van der Waals surface area contributed by atoms with Crippen molar-refractivity contribution in [2.45, 2.75) is 13.0 Å². The molecule has 1 amide bonds. The lowest BCUT2D eigenvalue weighted by molar-refractivity contribution is 0.0784. The van der Waals surface area contributed by atoms with E-state index in [1.807, 2.05) is 6.92 Å². The predicted molar refractivity (Wildman–Crippen MR) is 76.7 cm³/mol. The van der Waals surface area contributed by atoms with E-state index in [0.717, 1.165) is 0 Å². The first-order chi connectivity index (χ1) is 9.46. The number of nitrogens with zero attached hydrogens (tertiary/aromatic N) is 1. The van der Waals surface area contributed by atoms with Crippen molar-refractivity contribution in [1.29, 1.82) is 0 Å². The number of benzene rings is 1. The van der Waals surface area contributed by atoms with Crippen molar-refractivity contribution in [1.82, 2.24) is 4.90 Å². The maximum atomic E-state index is 12.4. The van der Waals surface area contributed by atoms with Gasteiger partial charge in [-0.2, -0.15) is 0 Å². The SMILES string of the molecule is COc1ccc(C(=O)N(C)CC(C)N)c(OC)c1OC. The summed E-state index contributed by atoms with van der Waals surface area (Å²) in [6, 6.07) is 3.23. The third-order valence-corrected chi connectivity index (χ3v) is 2.84. The van der Waals surface area contributed by atoms with Crippen molar-refractivity contribution in [2.24, 2.45) is 5.73 Å². The van der Waals surface area contributed by atoms with Gasteiger partial charge in [-0.3, -0.25) is 4.79 Å². The molecule has 0 fully saturated rings. The maximum absolute atomic E-state index is 12.4. The zero-order valence-corrected chi connectivity index (χ0v) is 12.6. The molecule has 1 atom stereocenters. The van der Waals surface area contributed by atoms with E-state index in [1.165, 1.54) is 21.3 Å². The molecule has 0 spiro atoms. The average Bonchev–Trinajstić information content (AvgIpc) is 2.43. The third kappa shape index (κ3) is 3.33. The number of rotatable bonds is 6. The first kappa shape index (κ1) is 16.1. The van der Waals surface area contributed by atoms with E-state index in [2.05, 4.69) is 0 Å². The highest BCUT2D eigenvalue weighted by molar-refractivity contribution is 5.98. The Morgan fingerprint density at radius 2 is 1.80 bits per heavy atom. The van der Waals surface area contributed by atoms with E-state index in [-0.39, 0.29) is 11.9 Å². The Kier molecular flexibility index (Phi) is 5.64. The highest BCUT2D eigenvalue weighted by atomic mass is 16.5. The molecule has 0 aliphatic heterocycles. The molecule has 112 valence electrons. The summed E-state index contributed by atoms with van der Waals surface area (Å²) >= 11 is 0. The minimum absolute atomic E-state index is 0.102. The van der Waals surface area contributed by atoms with Gasteiger partial charge in [-0.1, -0.05) is 0 Å². The fourth-order valence-electron chi connectivity index (χ4n) is 1.99. The number of carbonyl (C=O) groups is 1. The topological polar surface area (TPSA) is 74.0 Å². The Morgan fingerprint density at radius 1 is 1.20 bits per heavy atom. The number of methoxy groups -OCH3 is 3. The molecule has 0 aliphatic rings. The summed E-state index contributed by atoms with van der Waals surface area (Å²) in [6.45, 7) is 2.30. The van der Waals surface area contributed by atoms with Gasteiger partial charge in [0.15, 0.2) is 11.5 Å². The number of nitrogens with two attached hydrogens (primary N) is 1. The molecule has 0 saturated carbocycles. The van der Waals surface area contributed by atoms with Gasteiger partial charge in [0, 0.05) is 19.6 Å². The lowest BCUT2D eigenvalue weighted by Gasteiger charge is -2.21.